The summed E-state index contributed by atoms with van der Waals surface area (Å²) in [6, 6.07) is -0.587. The van der Waals surface area contributed by atoms with Crippen LogP contribution in [0.2, 0.25) is 0 Å². The molecule has 9 heteroatoms. The standard InChI is InChI=1S/C10H15IN2O6/c1-18-7-6(15)5(3-14)19-9(7)13-2-4(11)8(16)12-10(13)17/h4-7,9,14-15H,2-3H2,1H3,(H,12,16,17). The molecule has 2 fully saturated rings. The first kappa shape index (κ1) is 14.9. The summed E-state index contributed by atoms with van der Waals surface area (Å²) in [7, 11) is 1.39. The highest BCUT2D eigenvalue weighted by Gasteiger charge is 2.49. The van der Waals surface area contributed by atoms with Gasteiger partial charge in [0.15, 0.2) is 6.23 Å². The molecule has 108 valence electrons. The zero-order valence-corrected chi connectivity index (χ0v) is 12.3. The van der Waals surface area contributed by atoms with E-state index in [2.05, 4.69) is 5.32 Å². The van der Waals surface area contributed by atoms with Crippen molar-refractivity contribution in [3.8, 4) is 0 Å². The van der Waals surface area contributed by atoms with E-state index in [4.69, 9.17) is 14.6 Å². The Bertz CT molecular complexity index is 381. The van der Waals surface area contributed by atoms with Crippen LogP contribution < -0.4 is 5.32 Å². The van der Waals surface area contributed by atoms with Crippen molar-refractivity contribution in [2.24, 2.45) is 0 Å². The number of imide groups is 1. The first-order chi connectivity index (χ1) is 8.99. The van der Waals surface area contributed by atoms with Crippen molar-refractivity contribution in [1.82, 2.24) is 10.2 Å². The number of alkyl halides is 1. The van der Waals surface area contributed by atoms with Gasteiger partial charge in [0.05, 0.1) is 6.61 Å². The van der Waals surface area contributed by atoms with Crippen LogP contribution in [0.15, 0.2) is 0 Å². The fraction of sp³-hybridized carbons (Fsp3) is 0.800. The molecule has 0 spiro atoms. The summed E-state index contributed by atoms with van der Waals surface area (Å²) in [6.45, 7) is -0.208. The summed E-state index contributed by atoms with van der Waals surface area (Å²) in [6.07, 6.45) is -3.44. The van der Waals surface area contributed by atoms with Gasteiger partial charge in [-0.15, -0.1) is 0 Å². The van der Waals surface area contributed by atoms with Crippen molar-refractivity contribution in [3.05, 3.63) is 0 Å². The molecule has 5 atom stereocenters. The van der Waals surface area contributed by atoms with Gasteiger partial charge in [-0.2, -0.15) is 0 Å². The van der Waals surface area contributed by atoms with Crippen molar-refractivity contribution < 1.29 is 29.3 Å². The second kappa shape index (κ2) is 5.87. The minimum Gasteiger partial charge on any atom is -0.394 e. The number of aliphatic hydroxyl groups is 2. The summed E-state index contributed by atoms with van der Waals surface area (Å²) in [5.41, 5.74) is 0. The fourth-order valence-corrected chi connectivity index (χ4v) is 2.77. The molecule has 0 aromatic carbocycles. The number of halogens is 1. The second-order valence-electron chi connectivity index (χ2n) is 4.35. The van der Waals surface area contributed by atoms with Crippen molar-refractivity contribution >= 4 is 34.5 Å². The lowest BCUT2D eigenvalue weighted by Gasteiger charge is -2.35. The van der Waals surface area contributed by atoms with Gasteiger partial charge in [0.2, 0.25) is 5.91 Å². The Balaban J connectivity index is 2.16. The average Bonchev–Trinajstić information content (AvgIpc) is 2.70. The number of hydrogen-bond acceptors (Lipinski definition) is 6. The number of urea groups is 1. The first-order valence-electron chi connectivity index (χ1n) is 5.72. The molecule has 0 radical (unpaired) electrons. The van der Waals surface area contributed by atoms with E-state index in [1.54, 1.807) is 0 Å². The molecule has 2 aliphatic rings. The maximum Gasteiger partial charge on any atom is 0.326 e. The second-order valence-corrected chi connectivity index (χ2v) is 5.86. The van der Waals surface area contributed by atoms with Crippen LogP contribution in [-0.4, -0.2) is 75.8 Å². The molecular formula is C10H15IN2O6. The number of hydrogen-bond donors (Lipinski definition) is 3. The van der Waals surface area contributed by atoms with E-state index in [0.29, 0.717) is 0 Å². The molecule has 2 aliphatic heterocycles. The number of carbonyl (C=O) groups excluding carboxylic acids is 2. The molecule has 0 bridgehead atoms. The van der Waals surface area contributed by atoms with Gasteiger partial charge < -0.3 is 19.7 Å². The number of carbonyl (C=O) groups is 2. The van der Waals surface area contributed by atoms with Gasteiger partial charge in [-0.05, 0) is 0 Å². The molecule has 3 N–H and O–H groups in total. The van der Waals surface area contributed by atoms with Crippen molar-refractivity contribution in [2.75, 3.05) is 20.3 Å². The van der Waals surface area contributed by atoms with E-state index in [-0.39, 0.29) is 19.1 Å². The maximum absolute atomic E-state index is 11.8. The average molecular weight is 386 g/mol. The first-order valence-corrected chi connectivity index (χ1v) is 6.97. The van der Waals surface area contributed by atoms with Gasteiger partial charge in [-0.3, -0.25) is 15.0 Å². The van der Waals surface area contributed by atoms with Crippen LogP contribution in [0, 0.1) is 0 Å². The molecule has 0 aromatic rings. The van der Waals surface area contributed by atoms with Crippen molar-refractivity contribution in [3.63, 3.8) is 0 Å². The molecule has 8 nitrogen and oxygen atoms in total. The normalized spacial score (nSPS) is 39.6. The fourth-order valence-electron chi connectivity index (χ4n) is 2.19. The molecule has 0 aliphatic carbocycles. The summed E-state index contributed by atoms with van der Waals surface area (Å²) in [5, 5.41) is 21.2. The third-order valence-electron chi connectivity index (χ3n) is 3.20. The number of ether oxygens (including phenoxy) is 2. The number of methoxy groups -OCH3 is 1. The number of nitrogens with zero attached hydrogens (tertiary/aromatic N) is 1. The minimum atomic E-state index is -1.03. The molecule has 5 unspecified atom stereocenters. The Kier molecular flexibility index (Phi) is 4.61. The Morgan fingerprint density at radius 2 is 2.26 bits per heavy atom. The number of aliphatic hydroxyl groups excluding tert-OH is 2. The van der Waals surface area contributed by atoms with E-state index >= 15 is 0 Å². The zero-order valence-electron chi connectivity index (χ0n) is 10.2. The van der Waals surface area contributed by atoms with Crippen LogP contribution >= 0.6 is 22.6 Å². The molecule has 19 heavy (non-hydrogen) atoms. The predicted octanol–water partition coefficient (Wildman–Crippen LogP) is -1.57. The van der Waals surface area contributed by atoms with Gasteiger partial charge >= 0.3 is 6.03 Å². The van der Waals surface area contributed by atoms with Gasteiger partial charge in [0.1, 0.15) is 22.2 Å². The Morgan fingerprint density at radius 3 is 2.84 bits per heavy atom. The summed E-state index contributed by atoms with van der Waals surface area (Å²) in [4.78, 5) is 24.5. The van der Waals surface area contributed by atoms with Gasteiger partial charge in [-0.25, -0.2) is 4.79 Å². The molecule has 0 saturated carbocycles. The topological polar surface area (TPSA) is 108 Å². The molecule has 3 amide bonds. The molecule has 2 saturated heterocycles. The quantitative estimate of drug-likeness (QED) is 0.400. The van der Waals surface area contributed by atoms with E-state index in [1.165, 1.54) is 12.0 Å². The third-order valence-corrected chi connectivity index (χ3v) is 4.16. The van der Waals surface area contributed by atoms with E-state index < -0.39 is 34.5 Å². The Morgan fingerprint density at radius 1 is 1.58 bits per heavy atom. The Hall–Kier alpha value is -0.490. The highest BCUT2D eigenvalue weighted by Crippen LogP contribution is 2.28. The lowest BCUT2D eigenvalue weighted by Crippen LogP contribution is -2.60. The largest absolute Gasteiger partial charge is 0.394 e. The van der Waals surface area contributed by atoms with Crippen molar-refractivity contribution in [1.29, 1.82) is 0 Å². The van der Waals surface area contributed by atoms with E-state index in [1.807, 2.05) is 22.6 Å². The van der Waals surface area contributed by atoms with Crippen LogP contribution in [0.3, 0.4) is 0 Å². The third kappa shape index (κ3) is 2.70. The van der Waals surface area contributed by atoms with Crippen LogP contribution in [0.1, 0.15) is 0 Å². The SMILES string of the molecule is COC1C(O)C(CO)OC1N1CC(I)C(=O)NC1=O. The summed E-state index contributed by atoms with van der Waals surface area (Å²) < 4.78 is 10.2. The summed E-state index contributed by atoms with van der Waals surface area (Å²) in [5.74, 6) is -0.354. The summed E-state index contributed by atoms with van der Waals surface area (Å²) >= 11 is 1.92. The van der Waals surface area contributed by atoms with Crippen LogP contribution in [0.5, 0.6) is 0 Å². The zero-order chi connectivity index (χ0) is 14.2. The maximum atomic E-state index is 11.8. The smallest absolute Gasteiger partial charge is 0.326 e. The Labute approximate surface area is 123 Å². The lowest BCUT2D eigenvalue weighted by atomic mass is 10.1. The molecule has 0 aromatic heterocycles. The van der Waals surface area contributed by atoms with Crippen molar-refractivity contribution in [2.45, 2.75) is 28.5 Å². The van der Waals surface area contributed by atoms with Gasteiger partial charge in [-0.1, -0.05) is 22.6 Å². The van der Waals surface area contributed by atoms with Gasteiger partial charge in [0.25, 0.3) is 0 Å². The highest BCUT2D eigenvalue weighted by atomic mass is 127. The van der Waals surface area contributed by atoms with Gasteiger partial charge in [0, 0.05) is 13.7 Å². The molecule has 2 heterocycles. The number of nitrogens with one attached hydrogen (secondary N) is 1. The van der Waals surface area contributed by atoms with Crippen LogP contribution in [-0.2, 0) is 14.3 Å². The van der Waals surface area contributed by atoms with E-state index in [9.17, 15) is 14.7 Å². The van der Waals surface area contributed by atoms with Crippen LogP contribution in [0.25, 0.3) is 0 Å². The predicted molar refractivity (Wildman–Crippen MR) is 70.6 cm³/mol. The number of rotatable bonds is 3. The minimum absolute atomic E-state index is 0.167. The molecular weight excluding hydrogens is 371 g/mol. The molecule has 2 rings (SSSR count). The monoisotopic (exact) mass is 386 g/mol. The number of amides is 3. The van der Waals surface area contributed by atoms with Crippen LogP contribution in [0.4, 0.5) is 4.79 Å². The van der Waals surface area contributed by atoms with E-state index in [0.717, 1.165) is 0 Å². The lowest BCUT2D eigenvalue weighted by molar-refractivity contribution is -0.125. The highest BCUT2D eigenvalue weighted by molar-refractivity contribution is 14.1.